The zero-order valence-corrected chi connectivity index (χ0v) is 13.5. The van der Waals surface area contributed by atoms with E-state index in [1.54, 1.807) is 18.2 Å². The van der Waals surface area contributed by atoms with E-state index < -0.39 is 12.1 Å². The van der Waals surface area contributed by atoms with Crippen molar-refractivity contribution < 1.29 is 19.1 Å². The lowest BCUT2D eigenvalue weighted by Gasteiger charge is -2.09. The third-order valence-corrected chi connectivity index (χ3v) is 3.90. The van der Waals surface area contributed by atoms with Crippen molar-refractivity contribution in [2.24, 2.45) is 5.73 Å². The number of rotatable bonds is 3. The molecule has 0 saturated carbocycles. The summed E-state index contributed by atoms with van der Waals surface area (Å²) in [6.07, 6.45) is -0.804. The fourth-order valence-corrected chi connectivity index (χ4v) is 2.83. The normalized spacial score (nSPS) is 16.9. The number of benzene rings is 2. The number of ketones is 1. The average molecular weight is 344 g/mol. The smallest absolute Gasteiger partial charge is 0.337 e. The first kappa shape index (κ1) is 16.1. The van der Waals surface area contributed by atoms with Crippen molar-refractivity contribution >= 4 is 28.9 Å². The topological polar surface area (TPSA) is 78.6 Å². The van der Waals surface area contributed by atoms with Crippen molar-refractivity contribution in [2.45, 2.75) is 6.10 Å². The van der Waals surface area contributed by atoms with Gasteiger partial charge in [-0.25, -0.2) is 4.79 Å². The molecule has 24 heavy (non-hydrogen) atoms. The molecule has 2 aromatic rings. The molecule has 0 spiro atoms. The van der Waals surface area contributed by atoms with Gasteiger partial charge in [-0.05, 0) is 23.8 Å². The van der Waals surface area contributed by atoms with Gasteiger partial charge in [0.05, 0.1) is 18.2 Å². The van der Waals surface area contributed by atoms with Gasteiger partial charge in [-0.2, -0.15) is 0 Å². The summed E-state index contributed by atoms with van der Waals surface area (Å²) < 4.78 is 10.2. The molecule has 0 aliphatic carbocycles. The van der Waals surface area contributed by atoms with E-state index in [4.69, 9.17) is 26.8 Å². The van der Waals surface area contributed by atoms with Crippen LogP contribution in [0.1, 0.15) is 27.6 Å². The van der Waals surface area contributed by atoms with Crippen molar-refractivity contribution in [3.05, 3.63) is 76.1 Å². The van der Waals surface area contributed by atoms with Crippen LogP contribution >= 0.6 is 11.6 Å². The first-order valence-electron chi connectivity index (χ1n) is 7.16. The Bertz CT molecular complexity index is 845. The number of Topliss-reactive ketones (excluding diaryl/α,β-unsaturated/α-hetero) is 1. The first-order valence-corrected chi connectivity index (χ1v) is 7.54. The second-order valence-electron chi connectivity index (χ2n) is 5.23. The highest BCUT2D eigenvalue weighted by atomic mass is 35.5. The molecule has 2 aromatic carbocycles. The molecule has 5 nitrogen and oxygen atoms in total. The molecule has 2 N–H and O–H groups in total. The van der Waals surface area contributed by atoms with E-state index in [0.717, 1.165) is 0 Å². The SMILES string of the molecule is COC(=O)c1cc(Cl)cc(C2=C(N)OC(c3ccccc3)C2=O)c1. The Kier molecular flexibility index (Phi) is 4.27. The number of nitrogens with two attached hydrogens (primary N) is 1. The zero-order chi connectivity index (χ0) is 17.3. The highest BCUT2D eigenvalue weighted by molar-refractivity contribution is 6.32. The van der Waals surface area contributed by atoms with Gasteiger partial charge in [0.1, 0.15) is 0 Å². The summed E-state index contributed by atoms with van der Waals surface area (Å²) in [6, 6.07) is 13.6. The van der Waals surface area contributed by atoms with E-state index in [-0.39, 0.29) is 22.8 Å². The molecule has 6 heteroatoms. The van der Waals surface area contributed by atoms with E-state index in [0.29, 0.717) is 16.1 Å². The summed E-state index contributed by atoms with van der Waals surface area (Å²) in [5, 5.41) is 0.296. The summed E-state index contributed by atoms with van der Waals surface area (Å²) in [6.45, 7) is 0. The van der Waals surface area contributed by atoms with Crippen LogP contribution in [-0.4, -0.2) is 18.9 Å². The third kappa shape index (κ3) is 2.86. The third-order valence-electron chi connectivity index (χ3n) is 3.69. The number of carbonyl (C=O) groups excluding carboxylic acids is 2. The Labute approximate surface area is 143 Å². The van der Waals surface area contributed by atoms with Gasteiger partial charge in [-0.1, -0.05) is 41.9 Å². The van der Waals surface area contributed by atoms with Gasteiger partial charge in [0.15, 0.2) is 12.0 Å². The summed E-state index contributed by atoms with van der Waals surface area (Å²) in [5.41, 5.74) is 7.48. The fourth-order valence-electron chi connectivity index (χ4n) is 2.59. The lowest BCUT2D eigenvalue weighted by molar-refractivity contribution is -0.120. The van der Waals surface area contributed by atoms with Gasteiger partial charge >= 0.3 is 5.97 Å². The van der Waals surface area contributed by atoms with Crippen LogP contribution in [0.15, 0.2) is 54.4 Å². The largest absolute Gasteiger partial charge is 0.465 e. The van der Waals surface area contributed by atoms with Crippen LogP contribution < -0.4 is 5.73 Å². The van der Waals surface area contributed by atoms with Crippen molar-refractivity contribution in [3.8, 4) is 0 Å². The highest BCUT2D eigenvalue weighted by Gasteiger charge is 2.36. The second-order valence-corrected chi connectivity index (χ2v) is 5.67. The van der Waals surface area contributed by atoms with E-state index in [9.17, 15) is 9.59 Å². The van der Waals surface area contributed by atoms with Gasteiger partial charge in [0, 0.05) is 10.6 Å². The van der Waals surface area contributed by atoms with Crippen LogP contribution in [0.3, 0.4) is 0 Å². The number of carbonyl (C=O) groups is 2. The molecule has 0 radical (unpaired) electrons. The molecule has 3 rings (SSSR count). The molecular formula is C18H14ClNO4. The number of halogens is 1. The van der Waals surface area contributed by atoms with Crippen LogP contribution in [0.2, 0.25) is 5.02 Å². The minimum Gasteiger partial charge on any atom is -0.465 e. The predicted octanol–water partition coefficient (Wildman–Crippen LogP) is 3.09. The van der Waals surface area contributed by atoms with Gasteiger partial charge in [0.2, 0.25) is 5.78 Å². The maximum Gasteiger partial charge on any atom is 0.337 e. The van der Waals surface area contributed by atoms with Gasteiger partial charge in [-0.3, -0.25) is 4.79 Å². The zero-order valence-electron chi connectivity index (χ0n) is 12.8. The molecular weight excluding hydrogens is 330 g/mol. The second kappa shape index (κ2) is 6.37. The van der Waals surface area contributed by atoms with Gasteiger partial charge in [-0.15, -0.1) is 0 Å². The molecule has 0 fully saturated rings. The molecule has 1 heterocycles. The van der Waals surface area contributed by atoms with Gasteiger partial charge < -0.3 is 15.2 Å². The van der Waals surface area contributed by atoms with Crippen LogP contribution in [0.25, 0.3) is 5.57 Å². The van der Waals surface area contributed by atoms with E-state index in [2.05, 4.69) is 0 Å². The highest BCUT2D eigenvalue weighted by Crippen LogP contribution is 2.37. The number of hydrogen-bond acceptors (Lipinski definition) is 5. The molecule has 0 saturated heterocycles. The molecule has 0 aromatic heterocycles. The Hall–Kier alpha value is -2.79. The number of methoxy groups -OCH3 is 1. The van der Waals surface area contributed by atoms with E-state index in [1.807, 2.05) is 18.2 Å². The fraction of sp³-hybridized carbons (Fsp3) is 0.111. The number of ether oxygens (including phenoxy) is 2. The lowest BCUT2D eigenvalue weighted by Crippen LogP contribution is -2.10. The molecule has 0 amide bonds. The molecule has 122 valence electrons. The van der Waals surface area contributed by atoms with E-state index in [1.165, 1.54) is 19.2 Å². The predicted molar refractivity (Wildman–Crippen MR) is 89.2 cm³/mol. The maximum absolute atomic E-state index is 12.8. The molecule has 1 unspecified atom stereocenters. The van der Waals surface area contributed by atoms with Crippen molar-refractivity contribution in [2.75, 3.05) is 7.11 Å². The van der Waals surface area contributed by atoms with Crippen LogP contribution in [0, 0.1) is 0 Å². The average Bonchev–Trinajstić information content (AvgIpc) is 2.89. The molecule has 1 aliphatic heterocycles. The Morgan fingerprint density at radius 1 is 1.21 bits per heavy atom. The lowest BCUT2D eigenvalue weighted by atomic mass is 9.96. The standard InChI is InChI=1S/C18H14ClNO4/c1-23-18(22)12-7-11(8-13(19)9-12)14-15(21)16(24-17(14)20)10-5-3-2-4-6-10/h2-9,16H,20H2,1H3. The monoisotopic (exact) mass is 343 g/mol. The minimum atomic E-state index is -0.804. The quantitative estimate of drug-likeness (QED) is 0.866. The van der Waals surface area contributed by atoms with E-state index >= 15 is 0 Å². The summed E-state index contributed by atoms with van der Waals surface area (Å²) in [4.78, 5) is 24.5. The van der Waals surface area contributed by atoms with Gasteiger partial charge in [0.25, 0.3) is 0 Å². The summed E-state index contributed by atoms with van der Waals surface area (Å²) >= 11 is 6.05. The molecule has 0 bridgehead atoms. The van der Waals surface area contributed by atoms with Crippen molar-refractivity contribution in [1.29, 1.82) is 0 Å². The van der Waals surface area contributed by atoms with Crippen molar-refractivity contribution in [3.63, 3.8) is 0 Å². The molecule has 1 atom stereocenters. The van der Waals surface area contributed by atoms with Crippen molar-refractivity contribution in [1.82, 2.24) is 0 Å². The van der Waals surface area contributed by atoms with Crippen LogP contribution in [-0.2, 0) is 14.3 Å². The Balaban J connectivity index is 2.01. The first-order chi connectivity index (χ1) is 11.5. The molecule has 1 aliphatic rings. The van der Waals surface area contributed by atoms with Crippen LogP contribution in [0.4, 0.5) is 0 Å². The Morgan fingerprint density at radius 3 is 2.58 bits per heavy atom. The summed E-state index contributed by atoms with van der Waals surface area (Å²) in [5.74, 6) is -0.826. The number of esters is 1. The Morgan fingerprint density at radius 2 is 1.92 bits per heavy atom. The van der Waals surface area contributed by atoms with Crippen LogP contribution in [0.5, 0.6) is 0 Å². The maximum atomic E-state index is 12.8. The minimum absolute atomic E-state index is 0.00642. The summed E-state index contributed by atoms with van der Waals surface area (Å²) in [7, 11) is 1.27. The number of hydrogen-bond donors (Lipinski definition) is 1.